The molecule has 28 heavy (non-hydrogen) atoms. The van der Waals surface area contributed by atoms with Gasteiger partial charge in [0, 0.05) is 38.0 Å². The number of hydrogen-bond acceptors (Lipinski definition) is 5. The molecule has 6 nitrogen and oxygen atoms in total. The third-order valence-electron chi connectivity index (χ3n) is 4.63. The van der Waals surface area contributed by atoms with Crippen LogP contribution in [-0.2, 0) is 7.05 Å². The van der Waals surface area contributed by atoms with Crippen LogP contribution in [0.4, 0.5) is 13.9 Å². The monoisotopic (exact) mass is 407 g/mol. The number of fused-ring (bicyclic) bond motifs is 1. The highest BCUT2D eigenvalue weighted by molar-refractivity contribution is 7.22. The SMILES string of the molecule is CCN(CC)CCN(C(=O)c1nn(C)cc1C)c1nc2c(F)cc(F)cc2s1. The number of hydrogen-bond donors (Lipinski definition) is 0. The van der Waals surface area contributed by atoms with Crippen molar-refractivity contribution in [1.29, 1.82) is 0 Å². The van der Waals surface area contributed by atoms with E-state index >= 15 is 0 Å². The molecule has 0 bridgehead atoms. The largest absolute Gasteiger partial charge is 0.302 e. The van der Waals surface area contributed by atoms with Gasteiger partial charge in [-0.1, -0.05) is 25.2 Å². The van der Waals surface area contributed by atoms with Crippen LogP contribution >= 0.6 is 11.3 Å². The maximum Gasteiger partial charge on any atom is 0.280 e. The van der Waals surface area contributed by atoms with E-state index in [1.165, 1.54) is 11.0 Å². The molecule has 0 fully saturated rings. The standard InChI is InChI=1S/C19H23F2N5OS/c1-5-25(6-2)7-8-26(18(27)16-12(3)11-24(4)23-16)19-22-17-14(21)9-13(20)10-15(17)28-19/h9-11H,5-8H2,1-4H3. The molecule has 1 amide bonds. The summed E-state index contributed by atoms with van der Waals surface area (Å²) in [5, 5.41) is 4.60. The lowest BCUT2D eigenvalue weighted by Gasteiger charge is -2.24. The van der Waals surface area contributed by atoms with E-state index in [-0.39, 0.29) is 11.4 Å². The zero-order chi connectivity index (χ0) is 20.4. The number of anilines is 1. The number of aromatic nitrogens is 3. The Bertz CT molecular complexity index is 996. The van der Waals surface area contributed by atoms with Crippen molar-refractivity contribution in [1.82, 2.24) is 19.7 Å². The number of rotatable bonds is 7. The molecule has 3 aromatic rings. The number of benzene rings is 1. The maximum atomic E-state index is 14.1. The number of likely N-dealkylation sites (N-methyl/N-ethyl adjacent to an activating group) is 1. The zero-order valence-corrected chi connectivity index (χ0v) is 17.2. The number of nitrogens with zero attached hydrogens (tertiary/aromatic N) is 5. The minimum absolute atomic E-state index is 0.0692. The molecule has 0 atom stereocenters. The Morgan fingerprint density at radius 2 is 1.93 bits per heavy atom. The molecular formula is C19H23F2N5OS. The van der Waals surface area contributed by atoms with Crippen LogP contribution in [0.1, 0.15) is 29.9 Å². The van der Waals surface area contributed by atoms with Crippen molar-refractivity contribution in [2.24, 2.45) is 7.05 Å². The molecule has 9 heteroatoms. The summed E-state index contributed by atoms with van der Waals surface area (Å²) in [5.74, 6) is -1.70. The quantitative estimate of drug-likeness (QED) is 0.601. The summed E-state index contributed by atoms with van der Waals surface area (Å²) < 4.78 is 29.6. The second kappa shape index (κ2) is 8.32. The van der Waals surface area contributed by atoms with Gasteiger partial charge < -0.3 is 4.90 Å². The molecule has 0 N–H and O–H groups in total. The van der Waals surface area contributed by atoms with Gasteiger partial charge in [0.15, 0.2) is 16.6 Å². The topological polar surface area (TPSA) is 54.3 Å². The molecule has 0 aliphatic carbocycles. The Morgan fingerprint density at radius 1 is 1.21 bits per heavy atom. The maximum absolute atomic E-state index is 14.1. The Morgan fingerprint density at radius 3 is 2.54 bits per heavy atom. The molecule has 0 aliphatic heterocycles. The van der Waals surface area contributed by atoms with Crippen molar-refractivity contribution in [3.05, 3.63) is 41.2 Å². The first kappa shape index (κ1) is 20.3. The Hall–Kier alpha value is -2.39. The molecule has 0 saturated heterocycles. The Kier molecular flexibility index (Phi) is 6.04. The van der Waals surface area contributed by atoms with Crippen LogP contribution in [0.15, 0.2) is 18.3 Å². The normalized spacial score (nSPS) is 11.5. The molecule has 0 aliphatic rings. The van der Waals surface area contributed by atoms with Gasteiger partial charge >= 0.3 is 0 Å². The summed E-state index contributed by atoms with van der Waals surface area (Å²) in [6, 6.07) is 2.04. The van der Waals surface area contributed by atoms with Crippen LogP contribution in [0.5, 0.6) is 0 Å². The second-order valence-corrected chi connectivity index (χ2v) is 7.56. The molecule has 0 saturated carbocycles. The van der Waals surface area contributed by atoms with Crippen molar-refractivity contribution in [2.75, 3.05) is 31.1 Å². The van der Waals surface area contributed by atoms with Crippen LogP contribution in [0, 0.1) is 18.6 Å². The summed E-state index contributed by atoms with van der Waals surface area (Å²) in [7, 11) is 1.75. The molecular weight excluding hydrogens is 384 g/mol. The van der Waals surface area contributed by atoms with Crippen LogP contribution in [0.3, 0.4) is 0 Å². The van der Waals surface area contributed by atoms with E-state index in [2.05, 4.69) is 28.8 Å². The first-order valence-electron chi connectivity index (χ1n) is 9.14. The number of thiazole rings is 1. The van der Waals surface area contributed by atoms with Crippen molar-refractivity contribution >= 4 is 32.6 Å². The third kappa shape index (κ3) is 4.05. The van der Waals surface area contributed by atoms with Crippen molar-refractivity contribution in [3.8, 4) is 0 Å². The molecule has 0 unspecified atom stereocenters. The molecule has 150 valence electrons. The fourth-order valence-corrected chi connectivity index (χ4v) is 4.10. The van der Waals surface area contributed by atoms with E-state index in [1.54, 1.807) is 17.9 Å². The van der Waals surface area contributed by atoms with Gasteiger partial charge in [-0.25, -0.2) is 13.8 Å². The highest BCUT2D eigenvalue weighted by Crippen LogP contribution is 2.32. The van der Waals surface area contributed by atoms with E-state index in [9.17, 15) is 13.6 Å². The van der Waals surface area contributed by atoms with Gasteiger partial charge in [-0.2, -0.15) is 5.10 Å². The number of halogens is 2. The highest BCUT2D eigenvalue weighted by atomic mass is 32.1. The lowest BCUT2D eigenvalue weighted by molar-refractivity contribution is 0.0977. The van der Waals surface area contributed by atoms with E-state index in [4.69, 9.17) is 0 Å². The predicted octanol–water partition coefficient (Wildman–Crippen LogP) is 3.61. The molecule has 1 aromatic carbocycles. The van der Waals surface area contributed by atoms with Gasteiger partial charge in [-0.3, -0.25) is 14.4 Å². The number of carbonyl (C=O) groups is 1. The average Bonchev–Trinajstić information content (AvgIpc) is 3.21. The van der Waals surface area contributed by atoms with Crippen molar-refractivity contribution < 1.29 is 13.6 Å². The summed E-state index contributed by atoms with van der Waals surface area (Å²) in [5.41, 5.74) is 1.14. The average molecular weight is 407 g/mol. The van der Waals surface area contributed by atoms with Crippen molar-refractivity contribution in [2.45, 2.75) is 20.8 Å². The zero-order valence-electron chi connectivity index (χ0n) is 16.4. The molecule has 0 radical (unpaired) electrons. The minimum Gasteiger partial charge on any atom is -0.302 e. The number of amides is 1. The third-order valence-corrected chi connectivity index (χ3v) is 5.65. The van der Waals surface area contributed by atoms with E-state index < -0.39 is 11.6 Å². The lowest BCUT2D eigenvalue weighted by Crippen LogP contribution is -2.39. The lowest BCUT2D eigenvalue weighted by atomic mass is 10.2. The fourth-order valence-electron chi connectivity index (χ4n) is 3.07. The van der Waals surface area contributed by atoms with Gasteiger partial charge in [0.1, 0.15) is 11.3 Å². The van der Waals surface area contributed by atoms with Crippen LogP contribution in [-0.4, -0.2) is 51.8 Å². The van der Waals surface area contributed by atoms with Gasteiger partial charge in [0.25, 0.3) is 5.91 Å². The molecule has 2 aromatic heterocycles. The first-order valence-corrected chi connectivity index (χ1v) is 9.95. The molecule has 3 rings (SSSR count). The van der Waals surface area contributed by atoms with Gasteiger partial charge in [-0.05, 0) is 26.1 Å². The van der Waals surface area contributed by atoms with E-state index in [0.717, 1.165) is 36.1 Å². The van der Waals surface area contributed by atoms with Crippen LogP contribution < -0.4 is 4.90 Å². The summed E-state index contributed by atoms with van der Waals surface area (Å²) in [6.07, 6.45) is 1.77. The Labute approximate surface area is 166 Å². The second-order valence-electron chi connectivity index (χ2n) is 6.55. The van der Waals surface area contributed by atoms with Crippen molar-refractivity contribution in [3.63, 3.8) is 0 Å². The minimum atomic E-state index is -0.734. The predicted molar refractivity (Wildman–Crippen MR) is 107 cm³/mol. The van der Waals surface area contributed by atoms with E-state index in [0.29, 0.717) is 28.6 Å². The summed E-state index contributed by atoms with van der Waals surface area (Å²) >= 11 is 1.10. The van der Waals surface area contributed by atoms with Crippen LogP contribution in [0.25, 0.3) is 10.2 Å². The number of carbonyl (C=O) groups excluding carboxylic acids is 1. The highest BCUT2D eigenvalue weighted by Gasteiger charge is 2.26. The molecule has 2 heterocycles. The van der Waals surface area contributed by atoms with Crippen LogP contribution in [0.2, 0.25) is 0 Å². The van der Waals surface area contributed by atoms with Gasteiger partial charge in [-0.15, -0.1) is 0 Å². The van der Waals surface area contributed by atoms with Gasteiger partial charge in [0.05, 0.1) is 4.70 Å². The molecule has 0 spiro atoms. The smallest absolute Gasteiger partial charge is 0.280 e. The summed E-state index contributed by atoms with van der Waals surface area (Å²) in [4.78, 5) is 21.2. The fraction of sp³-hybridized carbons (Fsp3) is 0.421. The Balaban J connectivity index is 2.01. The number of aryl methyl sites for hydroxylation is 2. The first-order chi connectivity index (χ1) is 13.3. The van der Waals surface area contributed by atoms with Gasteiger partial charge in [0.2, 0.25) is 0 Å². The van der Waals surface area contributed by atoms with E-state index in [1.807, 2.05) is 6.92 Å². The summed E-state index contributed by atoms with van der Waals surface area (Å²) in [6.45, 7) is 8.62.